The van der Waals surface area contributed by atoms with E-state index in [1.807, 2.05) is 26.1 Å². The van der Waals surface area contributed by atoms with Gasteiger partial charge in [-0.3, -0.25) is 0 Å². The van der Waals surface area contributed by atoms with E-state index in [1.54, 1.807) is 6.92 Å². The third kappa shape index (κ3) is 6.40. The van der Waals surface area contributed by atoms with Crippen molar-refractivity contribution in [2.45, 2.75) is 26.7 Å². The van der Waals surface area contributed by atoms with Gasteiger partial charge in [-0.25, -0.2) is 0 Å². The minimum atomic E-state index is 0.223. The highest BCUT2D eigenvalue weighted by molar-refractivity contribution is 5.75. The molecule has 0 spiro atoms. The van der Waals surface area contributed by atoms with Crippen LogP contribution in [0.25, 0.3) is 0 Å². The lowest BCUT2D eigenvalue weighted by molar-refractivity contribution is -0.117. The van der Waals surface area contributed by atoms with Crippen LogP contribution in [0.5, 0.6) is 0 Å². The van der Waals surface area contributed by atoms with E-state index in [-0.39, 0.29) is 5.78 Å². The first-order valence-corrected chi connectivity index (χ1v) is 6.94. The summed E-state index contributed by atoms with van der Waals surface area (Å²) < 4.78 is 5.52. The molecule has 0 fully saturated rings. The molecule has 0 N–H and O–H groups in total. The van der Waals surface area contributed by atoms with Gasteiger partial charge in [0, 0.05) is 37.9 Å². The van der Waals surface area contributed by atoms with Crippen LogP contribution in [0.3, 0.4) is 0 Å². The lowest BCUT2D eigenvalue weighted by Gasteiger charge is -2.19. The van der Waals surface area contributed by atoms with Crippen molar-refractivity contribution in [1.82, 2.24) is 0 Å². The summed E-state index contributed by atoms with van der Waals surface area (Å²) in [4.78, 5) is 12.9. The van der Waals surface area contributed by atoms with E-state index >= 15 is 0 Å². The number of carbonyl (C=O) groups is 1. The van der Waals surface area contributed by atoms with Crippen molar-refractivity contribution in [2.75, 3.05) is 31.7 Å². The van der Waals surface area contributed by atoms with Gasteiger partial charge < -0.3 is 14.4 Å². The topological polar surface area (TPSA) is 29.5 Å². The summed E-state index contributed by atoms with van der Waals surface area (Å²) >= 11 is 0. The molecule has 0 radical (unpaired) electrons. The van der Waals surface area contributed by atoms with Crippen molar-refractivity contribution in [3.05, 3.63) is 29.8 Å². The summed E-state index contributed by atoms with van der Waals surface area (Å²) in [6.45, 7) is 5.60. The first-order chi connectivity index (χ1) is 9.63. The normalized spacial score (nSPS) is 9.75. The molecule has 3 nitrogen and oxygen atoms in total. The fourth-order valence-electron chi connectivity index (χ4n) is 1.80. The van der Waals surface area contributed by atoms with E-state index in [2.05, 4.69) is 28.9 Å². The number of ether oxygens (including phenoxy) is 1. The number of nitrogens with zero attached hydrogens (tertiary/aromatic N) is 1. The highest BCUT2D eigenvalue weighted by atomic mass is 16.5. The first-order valence-electron chi connectivity index (χ1n) is 6.94. The number of hydrogen-bond acceptors (Lipinski definition) is 3. The number of hydrogen-bond donors (Lipinski definition) is 0. The van der Waals surface area contributed by atoms with Crippen molar-refractivity contribution in [3.63, 3.8) is 0 Å². The average molecular weight is 273 g/mol. The maximum absolute atomic E-state index is 10.8. The summed E-state index contributed by atoms with van der Waals surface area (Å²) in [5.41, 5.74) is 2.18. The zero-order chi connectivity index (χ0) is 14.8. The minimum Gasteiger partial charge on any atom is -0.380 e. The Hall–Kier alpha value is -1.79. The Morgan fingerprint density at radius 3 is 2.55 bits per heavy atom. The Balaban J connectivity index is 2.26. The van der Waals surface area contributed by atoms with Gasteiger partial charge in [-0.2, -0.15) is 0 Å². The molecule has 0 saturated carbocycles. The number of anilines is 1. The fraction of sp³-hybridized carbons (Fsp3) is 0.471. The summed E-state index contributed by atoms with van der Waals surface area (Å²) in [5.74, 6) is 6.14. The summed E-state index contributed by atoms with van der Waals surface area (Å²) in [7, 11) is 2.04. The van der Waals surface area contributed by atoms with Crippen molar-refractivity contribution in [3.8, 4) is 11.8 Å². The Kier molecular flexibility index (Phi) is 7.46. The fourth-order valence-corrected chi connectivity index (χ4v) is 1.80. The van der Waals surface area contributed by atoms with Gasteiger partial charge >= 0.3 is 0 Å². The molecule has 1 aromatic carbocycles. The second kappa shape index (κ2) is 9.17. The number of carbonyl (C=O) groups excluding carboxylic acids is 1. The molecule has 0 saturated heterocycles. The van der Waals surface area contributed by atoms with E-state index in [1.165, 1.54) is 0 Å². The molecular formula is C17H23NO2. The summed E-state index contributed by atoms with van der Waals surface area (Å²) in [6, 6.07) is 8.18. The van der Waals surface area contributed by atoms with Crippen molar-refractivity contribution < 1.29 is 9.53 Å². The predicted molar refractivity (Wildman–Crippen MR) is 83.0 cm³/mol. The largest absolute Gasteiger partial charge is 0.380 e. The Morgan fingerprint density at radius 2 is 1.95 bits per heavy atom. The van der Waals surface area contributed by atoms with Crippen LogP contribution in [0, 0.1) is 11.8 Å². The van der Waals surface area contributed by atoms with Crippen LogP contribution in [-0.4, -0.2) is 32.6 Å². The first kappa shape index (κ1) is 16.3. The van der Waals surface area contributed by atoms with Crippen LogP contribution in [0.4, 0.5) is 5.69 Å². The molecule has 0 aliphatic rings. The van der Waals surface area contributed by atoms with E-state index < -0.39 is 0 Å². The van der Waals surface area contributed by atoms with Crippen LogP contribution < -0.4 is 4.90 Å². The number of rotatable bonds is 8. The monoisotopic (exact) mass is 273 g/mol. The second-order valence-corrected chi connectivity index (χ2v) is 4.76. The maximum atomic E-state index is 10.8. The van der Waals surface area contributed by atoms with Crippen molar-refractivity contribution in [1.29, 1.82) is 0 Å². The van der Waals surface area contributed by atoms with Gasteiger partial charge in [0.15, 0.2) is 0 Å². The SMILES string of the molecule is CC#Cc1ccc(N(C)CCOCCCC(C)=O)cc1. The van der Waals surface area contributed by atoms with Gasteiger partial charge in [-0.1, -0.05) is 5.92 Å². The smallest absolute Gasteiger partial charge is 0.129 e. The molecule has 0 amide bonds. The van der Waals surface area contributed by atoms with Gasteiger partial charge in [-0.05, 0) is 44.5 Å². The van der Waals surface area contributed by atoms with E-state index in [0.29, 0.717) is 19.6 Å². The standard InChI is InChI=1S/C17H23NO2/c1-4-6-16-8-10-17(11-9-16)18(3)12-14-20-13-5-7-15(2)19/h8-11H,5,7,12-14H2,1-3H3. The Morgan fingerprint density at radius 1 is 1.25 bits per heavy atom. The van der Waals surface area contributed by atoms with Gasteiger partial charge in [0.25, 0.3) is 0 Å². The van der Waals surface area contributed by atoms with Gasteiger partial charge in [-0.15, -0.1) is 5.92 Å². The highest BCUT2D eigenvalue weighted by Gasteiger charge is 2.00. The Labute approximate surface area is 121 Å². The van der Waals surface area contributed by atoms with Crippen molar-refractivity contribution >= 4 is 11.5 Å². The highest BCUT2D eigenvalue weighted by Crippen LogP contribution is 2.13. The molecule has 108 valence electrons. The van der Waals surface area contributed by atoms with E-state index in [0.717, 1.165) is 24.2 Å². The summed E-state index contributed by atoms with van der Waals surface area (Å²) in [6.07, 6.45) is 1.42. The predicted octanol–water partition coefficient (Wildman–Crippen LogP) is 2.88. The molecule has 1 rings (SSSR count). The lowest BCUT2D eigenvalue weighted by Crippen LogP contribution is -2.22. The molecule has 1 aromatic rings. The minimum absolute atomic E-state index is 0.223. The average Bonchev–Trinajstić information content (AvgIpc) is 2.43. The Bertz CT molecular complexity index is 468. The number of likely N-dealkylation sites (N-methyl/N-ethyl adjacent to an activating group) is 1. The zero-order valence-corrected chi connectivity index (χ0v) is 12.6. The third-order valence-corrected chi connectivity index (χ3v) is 2.97. The third-order valence-electron chi connectivity index (χ3n) is 2.97. The van der Waals surface area contributed by atoms with Crippen LogP contribution in [0.2, 0.25) is 0 Å². The number of ketones is 1. The van der Waals surface area contributed by atoms with Crippen LogP contribution in [0.15, 0.2) is 24.3 Å². The molecule has 20 heavy (non-hydrogen) atoms. The summed E-state index contributed by atoms with van der Waals surface area (Å²) in [5, 5.41) is 0. The van der Waals surface area contributed by atoms with Crippen LogP contribution >= 0.6 is 0 Å². The second-order valence-electron chi connectivity index (χ2n) is 4.76. The molecule has 0 aliphatic carbocycles. The number of benzene rings is 1. The molecular weight excluding hydrogens is 250 g/mol. The van der Waals surface area contributed by atoms with Crippen LogP contribution in [-0.2, 0) is 9.53 Å². The quantitative estimate of drug-likeness (QED) is 0.539. The molecule has 0 bridgehead atoms. The molecule has 0 unspecified atom stereocenters. The van der Waals surface area contributed by atoms with E-state index in [4.69, 9.17) is 4.74 Å². The maximum Gasteiger partial charge on any atom is 0.129 e. The molecule has 0 atom stereocenters. The van der Waals surface area contributed by atoms with Gasteiger partial charge in [0.1, 0.15) is 5.78 Å². The molecule has 0 heterocycles. The van der Waals surface area contributed by atoms with Crippen molar-refractivity contribution in [2.24, 2.45) is 0 Å². The molecule has 3 heteroatoms. The number of Topliss-reactive ketones (excluding diaryl/α,β-unsaturated/α-hetero) is 1. The molecule has 0 aliphatic heterocycles. The lowest BCUT2D eigenvalue weighted by atomic mass is 10.2. The van der Waals surface area contributed by atoms with E-state index in [9.17, 15) is 4.79 Å². The van der Waals surface area contributed by atoms with Gasteiger partial charge in [0.05, 0.1) is 6.61 Å². The zero-order valence-electron chi connectivity index (χ0n) is 12.6. The molecule has 0 aromatic heterocycles. The van der Waals surface area contributed by atoms with Gasteiger partial charge in [0.2, 0.25) is 0 Å². The van der Waals surface area contributed by atoms with Crippen LogP contribution in [0.1, 0.15) is 32.3 Å².